The van der Waals surface area contributed by atoms with Gasteiger partial charge in [-0.1, -0.05) is 84.0 Å². The number of aliphatic carboxylic acids is 1. The minimum absolute atomic E-state index is 0.0415. The van der Waals surface area contributed by atoms with Crippen LogP contribution >= 0.6 is 7.82 Å². The van der Waals surface area contributed by atoms with E-state index in [1.165, 1.54) is 57.8 Å². The third kappa shape index (κ3) is 30.3. The van der Waals surface area contributed by atoms with Crippen LogP contribution in [0.2, 0.25) is 0 Å². The van der Waals surface area contributed by atoms with Crippen LogP contribution < -0.4 is 0 Å². The molecule has 0 radical (unpaired) electrons. The Kier molecular flexibility index (Phi) is 24.8. The summed E-state index contributed by atoms with van der Waals surface area (Å²) in [5.74, 6) is -2.91. The molecule has 0 rings (SSSR count). The number of allylic oxidation sites excluding steroid dienone is 1. The highest BCUT2D eigenvalue weighted by Gasteiger charge is 2.27. The van der Waals surface area contributed by atoms with E-state index in [0.29, 0.717) is 17.4 Å². The summed E-state index contributed by atoms with van der Waals surface area (Å²) in [6.07, 6.45) is 15.9. The summed E-state index contributed by atoms with van der Waals surface area (Å²) in [5, 5.41) is 8.59. The number of ether oxygens (including phenoxy) is 2. The fourth-order valence-electron chi connectivity index (χ4n) is 4.21. The maximum atomic E-state index is 12.4. The molecule has 0 heterocycles. The van der Waals surface area contributed by atoms with E-state index in [1.54, 1.807) is 0 Å². The Hall–Kier alpha value is -2.11. The van der Waals surface area contributed by atoms with Gasteiger partial charge in [0.25, 0.3) is 0 Å². The summed E-state index contributed by atoms with van der Waals surface area (Å²) in [4.78, 5) is 56.9. The molecule has 0 saturated heterocycles. The first-order valence-electron chi connectivity index (χ1n) is 16.5. The van der Waals surface area contributed by atoms with Crippen LogP contribution in [0.15, 0.2) is 12.2 Å². The maximum Gasteiger partial charge on any atom is 0.472 e. The molecule has 0 amide bonds. The van der Waals surface area contributed by atoms with E-state index in [-0.39, 0.29) is 38.9 Å². The number of carbonyl (C=O) groups is 4. The fourth-order valence-corrected chi connectivity index (χ4v) is 4.95. The number of hydrogen-bond acceptors (Lipinski definition) is 9. The van der Waals surface area contributed by atoms with Gasteiger partial charge in [-0.3, -0.25) is 23.4 Å². The second-order valence-corrected chi connectivity index (χ2v) is 13.8. The number of carboxylic acids is 1. The smallest absolute Gasteiger partial charge is 0.472 e. The lowest BCUT2D eigenvalue weighted by Crippen LogP contribution is -2.37. The number of likely N-dealkylation sites (N-methyl/N-ethyl adjacent to an activating group) is 1. The van der Waals surface area contributed by atoms with Crippen LogP contribution in [0.4, 0.5) is 0 Å². The second-order valence-electron chi connectivity index (χ2n) is 12.4. The molecule has 12 nitrogen and oxygen atoms in total. The summed E-state index contributed by atoms with van der Waals surface area (Å²) in [7, 11) is 1.22. The topological polar surface area (TPSA) is 163 Å². The van der Waals surface area contributed by atoms with Gasteiger partial charge in [0.05, 0.1) is 27.7 Å². The first-order valence-corrected chi connectivity index (χ1v) is 17.9. The van der Waals surface area contributed by atoms with Crippen LogP contribution in [-0.2, 0) is 42.3 Å². The molecule has 0 aromatic carbocycles. The first-order chi connectivity index (χ1) is 21.2. The third-order valence-corrected chi connectivity index (χ3v) is 7.85. The Labute approximate surface area is 270 Å². The lowest BCUT2D eigenvalue weighted by atomic mass is 10.0. The van der Waals surface area contributed by atoms with E-state index in [0.717, 1.165) is 31.4 Å². The number of carboxylic acid groups (broad SMARTS) is 1. The molecule has 2 atom stereocenters. The molecule has 2 N–H and O–H groups in total. The molecule has 45 heavy (non-hydrogen) atoms. The number of ketones is 1. The normalized spacial score (nSPS) is 13.8. The zero-order valence-corrected chi connectivity index (χ0v) is 28.9. The van der Waals surface area contributed by atoms with Crippen molar-refractivity contribution in [1.29, 1.82) is 0 Å². The molecule has 0 bridgehead atoms. The van der Waals surface area contributed by atoms with Gasteiger partial charge < -0.3 is 24.0 Å². The number of unbranched alkanes of at least 4 members (excludes halogenated alkanes) is 12. The van der Waals surface area contributed by atoms with E-state index >= 15 is 0 Å². The molecule has 0 aliphatic heterocycles. The summed E-state index contributed by atoms with van der Waals surface area (Å²) >= 11 is 0. The fraction of sp³-hybridized carbons (Fsp3) is 0.812. The van der Waals surface area contributed by atoms with Crippen LogP contribution in [-0.4, -0.2) is 91.8 Å². The van der Waals surface area contributed by atoms with Crippen LogP contribution in [0, 0.1) is 0 Å². The molecule has 0 aliphatic carbocycles. The van der Waals surface area contributed by atoms with E-state index < -0.39 is 44.2 Å². The number of carbonyl (C=O) groups excluding carboxylic acids is 3. The quantitative estimate of drug-likeness (QED) is 0.0298. The maximum absolute atomic E-state index is 12.4. The molecule has 13 heteroatoms. The molecule has 0 fully saturated rings. The molecular formula is C32H59NO11P+. The SMILES string of the molecule is CCCCCCCCCCCCCCCC(=O)OCC(COP(=O)(O)OCC[N+](C)(C)C)OC(=O)CCCC(=O)/C=C/C(=O)O. The number of esters is 2. The summed E-state index contributed by atoms with van der Waals surface area (Å²) in [5.41, 5.74) is 0. The monoisotopic (exact) mass is 664 g/mol. The van der Waals surface area contributed by atoms with Crippen molar-refractivity contribution in [1.82, 2.24) is 0 Å². The Morgan fingerprint density at radius 3 is 1.78 bits per heavy atom. The van der Waals surface area contributed by atoms with Crippen molar-refractivity contribution in [2.75, 3.05) is 47.5 Å². The van der Waals surface area contributed by atoms with Crippen LogP contribution in [0.3, 0.4) is 0 Å². The van der Waals surface area contributed by atoms with Crippen molar-refractivity contribution in [2.45, 2.75) is 122 Å². The Morgan fingerprint density at radius 1 is 0.711 bits per heavy atom. The summed E-state index contributed by atoms with van der Waals surface area (Å²) < 4.78 is 33.4. The van der Waals surface area contributed by atoms with Crippen molar-refractivity contribution in [3.05, 3.63) is 12.2 Å². The van der Waals surface area contributed by atoms with Gasteiger partial charge in [-0.05, 0) is 18.9 Å². The highest BCUT2D eigenvalue weighted by Crippen LogP contribution is 2.43. The van der Waals surface area contributed by atoms with Gasteiger partial charge in [-0.15, -0.1) is 0 Å². The molecule has 262 valence electrons. The van der Waals surface area contributed by atoms with Gasteiger partial charge in [0, 0.05) is 25.3 Å². The Bertz CT molecular complexity index is 917. The van der Waals surface area contributed by atoms with Gasteiger partial charge in [-0.25, -0.2) is 9.36 Å². The number of phosphoric ester groups is 1. The van der Waals surface area contributed by atoms with Gasteiger partial charge >= 0.3 is 25.7 Å². The minimum Gasteiger partial charge on any atom is -0.478 e. The van der Waals surface area contributed by atoms with Crippen LogP contribution in [0.25, 0.3) is 0 Å². The van der Waals surface area contributed by atoms with E-state index in [2.05, 4.69) is 6.92 Å². The lowest BCUT2D eigenvalue weighted by molar-refractivity contribution is -0.870. The second kappa shape index (κ2) is 26.0. The standard InChI is InChI=1S/C32H58NO11P/c1-5-6-7-8-9-10-11-12-13-14-15-16-17-20-31(37)41-26-29(27-43-45(39,40)42-25-24-33(2,3)4)44-32(38)21-18-19-28(34)22-23-30(35)36/h22-23,29H,5-21,24-27H2,1-4H3,(H-,35,36,39,40)/p+1/b23-22+. The number of hydrogen-bond donors (Lipinski definition) is 2. The Balaban J connectivity index is 4.53. The molecule has 2 unspecified atom stereocenters. The third-order valence-electron chi connectivity index (χ3n) is 6.87. The number of phosphoric acid groups is 1. The van der Waals surface area contributed by atoms with Crippen molar-refractivity contribution in [3.63, 3.8) is 0 Å². The lowest BCUT2D eigenvalue weighted by Gasteiger charge is -2.24. The summed E-state index contributed by atoms with van der Waals surface area (Å²) in [6.45, 7) is 1.72. The average Bonchev–Trinajstić information content (AvgIpc) is 2.95. The van der Waals surface area contributed by atoms with E-state index in [4.69, 9.17) is 23.6 Å². The molecule has 0 saturated carbocycles. The Morgan fingerprint density at radius 2 is 1.24 bits per heavy atom. The number of rotatable bonds is 30. The number of quaternary nitrogens is 1. The highest BCUT2D eigenvalue weighted by atomic mass is 31.2. The molecule has 0 aromatic rings. The van der Waals surface area contributed by atoms with Crippen molar-refractivity contribution in [3.8, 4) is 0 Å². The minimum atomic E-state index is -4.46. The van der Waals surface area contributed by atoms with E-state index in [1.807, 2.05) is 21.1 Å². The number of nitrogens with zero attached hydrogens (tertiary/aromatic N) is 1. The average molecular weight is 665 g/mol. The highest BCUT2D eigenvalue weighted by molar-refractivity contribution is 7.47. The molecule has 0 spiro atoms. The zero-order valence-electron chi connectivity index (χ0n) is 28.0. The molecule has 0 aromatic heterocycles. The molecule has 0 aliphatic rings. The van der Waals surface area contributed by atoms with Crippen molar-refractivity contribution in [2.24, 2.45) is 0 Å². The van der Waals surface area contributed by atoms with Gasteiger partial charge in [-0.2, -0.15) is 0 Å². The van der Waals surface area contributed by atoms with Gasteiger partial charge in [0.1, 0.15) is 19.8 Å². The van der Waals surface area contributed by atoms with Crippen LogP contribution in [0.5, 0.6) is 0 Å². The van der Waals surface area contributed by atoms with Gasteiger partial charge in [0.15, 0.2) is 11.9 Å². The van der Waals surface area contributed by atoms with Crippen molar-refractivity contribution < 1.29 is 56.7 Å². The van der Waals surface area contributed by atoms with Crippen LogP contribution in [0.1, 0.15) is 116 Å². The predicted octanol–water partition coefficient (Wildman–Crippen LogP) is 6.14. The zero-order chi connectivity index (χ0) is 34.0. The molecular weight excluding hydrogens is 605 g/mol. The summed E-state index contributed by atoms with van der Waals surface area (Å²) in [6, 6.07) is 0. The predicted molar refractivity (Wildman–Crippen MR) is 171 cm³/mol. The largest absolute Gasteiger partial charge is 0.478 e. The first kappa shape index (κ1) is 42.9. The van der Waals surface area contributed by atoms with E-state index in [9.17, 15) is 28.6 Å². The van der Waals surface area contributed by atoms with Crippen molar-refractivity contribution >= 4 is 31.5 Å². The van der Waals surface area contributed by atoms with Gasteiger partial charge in [0.2, 0.25) is 0 Å².